The minimum Gasteiger partial charge on any atom is -0.462 e. The SMILES string of the molecule is CC/C=C\C/C=C\C/C=C\CCCCCCCC(=O)OCC(COC(=O)CCCCCCCCCCCCCCCCCCCCCCCCCCCCCCC)OC(=O)CCCCCCCCCCCCCCCCCCCC. The molecule has 1 atom stereocenters. The van der Waals surface area contributed by atoms with Crippen molar-refractivity contribution in [3.05, 3.63) is 36.5 Å². The average Bonchev–Trinajstić information content (AvgIpc) is 3.46. The van der Waals surface area contributed by atoms with Gasteiger partial charge in [-0.3, -0.25) is 14.4 Å². The van der Waals surface area contributed by atoms with Crippen molar-refractivity contribution in [2.24, 2.45) is 0 Å². The van der Waals surface area contributed by atoms with E-state index in [-0.39, 0.29) is 31.1 Å². The molecule has 0 saturated carbocycles. The first kappa shape index (κ1) is 77.6. The number of ether oxygens (including phenoxy) is 3. The van der Waals surface area contributed by atoms with Crippen LogP contribution in [0.15, 0.2) is 36.5 Å². The van der Waals surface area contributed by atoms with Gasteiger partial charge in [0.25, 0.3) is 0 Å². The van der Waals surface area contributed by atoms with E-state index in [1.54, 1.807) is 0 Å². The fourth-order valence-corrected chi connectivity index (χ4v) is 11.1. The topological polar surface area (TPSA) is 78.9 Å². The zero-order valence-corrected chi connectivity index (χ0v) is 54.1. The molecular formula is C74H138O6. The first-order chi connectivity index (χ1) is 39.5. The minimum absolute atomic E-state index is 0.0718. The van der Waals surface area contributed by atoms with Crippen molar-refractivity contribution in [2.75, 3.05) is 13.2 Å². The number of esters is 3. The lowest BCUT2D eigenvalue weighted by Crippen LogP contribution is -2.30. The molecule has 6 nitrogen and oxygen atoms in total. The van der Waals surface area contributed by atoms with Crippen molar-refractivity contribution >= 4 is 17.9 Å². The number of hydrogen-bond acceptors (Lipinski definition) is 6. The molecule has 0 aromatic heterocycles. The molecule has 6 heteroatoms. The van der Waals surface area contributed by atoms with Gasteiger partial charge in [0.2, 0.25) is 0 Å². The standard InChI is InChI=1S/C74H138O6/c1-4-7-10-13-16-19-22-25-28-30-32-33-34-35-36-37-38-39-40-41-42-44-46-49-52-55-58-61-64-67-73(76)79-70-71(69-78-72(75)66-63-60-57-54-51-48-45-27-24-21-18-15-12-9-6-3)80-74(77)68-65-62-59-56-53-50-47-43-31-29-26-23-20-17-14-11-8-5-2/h9,12,18,21,27,45,71H,4-8,10-11,13-17,19-20,22-26,28-44,46-70H2,1-3H3/b12-9-,21-18-,45-27-. The zero-order valence-electron chi connectivity index (χ0n) is 54.1. The average molecular weight is 1120 g/mol. The Morgan fingerprint density at radius 1 is 0.263 bits per heavy atom. The molecule has 0 aliphatic heterocycles. The summed E-state index contributed by atoms with van der Waals surface area (Å²) in [5.41, 5.74) is 0. The zero-order chi connectivity index (χ0) is 57.8. The van der Waals surface area contributed by atoms with Crippen LogP contribution in [0.1, 0.15) is 400 Å². The van der Waals surface area contributed by atoms with Gasteiger partial charge in [0.15, 0.2) is 6.10 Å². The summed E-state index contributed by atoms with van der Waals surface area (Å²) in [6, 6.07) is 0. The van der Waals surface area contributed by atoms with E-state index in [0.29, 0.717) is 19.3 Å². The van der Waals surface area contributed by atoms with Gasteiger partial charge in [0, 0.05) is 19.3 Å². The summed E-state index contributed by atoms with van der Waals surface area (Å²) < 4.78 is 17.0. The molecule has 0 spiro atoms. The summed E-state index contributed by atoms with van der Waals surface area (Å²) in [7, 11) is 0. The Labute approximate surface area is 499 Å². The number of allylic oxidation sites excluding steroid dienone is 6. The molecule has 1 unspecified atom stereocenters. The summed E-state index contributed by atoms with van der Waals surface area (Å²) >= 11 is 0. The van der Waals surface area contributed by atoms with E-state index in [0.717, 1.165) is 96.3 Å². The lowest BCUT2D eigenvalue weighted by atomic mass is 10.0. The highest BCUT2D eigenvalue weighted by atomic mass is 16.6. The fraction of sp³-hybridized carbons (Fsp3) is 0.878. The molecule has 0 aromatic rings. The van der Waals surface area contributed by atoms with Gasteiger partial charge in [-0.1, -0.05) is 365 Å². The van der Waals surface area contributed by atoms with Crippen molar-refractivity contribution < 1.29 is 28.6 Å². The molecular weight excluding hydrogens is 985 g/mol. The van der Waals surface area contributed by atoms with Crippen LogP contribution in [0, 0.1) is 0 Å². The highest BCUT2D eigenvalue weighted by molar-refractivity contribution is 5.71. The summed E-state index contributed by atoms with van der Waals surface area (Å²) in [6.45, 7) is 6.60. The molecule has 80 heavy (non-hydrogen) atoms. The van der Waals surface area contributed by atoms with Crippen LogP contribution < -0.4 is 0 Å². The third kappa shape index (κ3) is 66.4. The van der Waals surface area contributed by atoms with Gasteiger partial charge < -0.3 is 14.2 Å². The summed E-state index contributed by atoms with van der Waals surface area (Å²) in [5.74, 6) is -0.859. The lowest BCUT2D eigenvalue weighted by molar-refractivity contribution is -0.167. The summed E-state index contributed by atoms with van der Waals surface area (Å²) in [4.78, 5) is 38.4. The van der Waals surface area contributed by atoms with Crippen LogP contribution in [0.2, 0.25) is 0 Å². The fourth-order valence-electron chi connectivity index (χ4n) is 11.1. The Bertz CT molecular complexity index is 1340. The number of carbonyl (C=O) groups is 3. The van der Waals surface area contributed by atoms with Gasteiger partial charge in [-0.15, -0.1) is 0 Å². The molecule has 0 heterocycles. The van der Waals surface area contributed by atoms with Gasteiger partial charge >= 0.3 is 17.9 Å². The van der Waals surface area contributed by atoms with E-state index < -0.39 is 6.10 Å². The van der Waals surface area contributed by atoms with Crippen LogP contribution in [0.5, 0.6) is 0 Å². The quantitative estimate of drug-likeness (QED) is 0.0261. The largest absolute Gasteiger partial charge is 0.462 e. The van der Waals surface area contributed by atoms with Crippen molar-refractivity contribution in [3.63, 3.8) is 0 Å². The third-order valence-electron chi connectivity index (χ3n) is 16.4. The first-order valence-corrected chi connectivity index (χ1v) is 36.0. The highest BCUT2D eigenvalue weighted by Gasteiger charge is 2.19. The predicted octanol–water partition coefficient (Wildman–Crippen LogP) is 24.7. The van der Waals surface area contributed by atoms with Crippen molar-refractivity contribution in [3.8, 4) is 0 Å². The third-order valence-corrected chi connectivity index (χ3v) is 16.4. The monoisotopic (exact) mass is 1120 g/mol. The van der Waals surface area contributed by atoms with E-state index in [4.69, 9.17) is 14.2 Å². The van der Waals surface area contributed by atoms with Gasteiger partial charge in [0.05, 0.1) is 0 Å². The van der Waals surface area contributed by atoms with Crippen LogP contribution in [0.25, 0.3) is 0 Å². The van der Waals surface area contributed by atoms with Crippen LogP contribution in [0.3, 0.4) is 0 Å². The molecule has 0 N–H and O–H groups in total. The van der Waals surface area contributed by atoms with Crippen LogP contribution in [-0.2, 0) is 28.6 Å². The maximum absolute atomic E-state index is 12.9. The molecule has 0 fully saturated rings. The van der Waals surface area contributed by atoms with Crippen molar-refractivity contribution in [2.45, 2.75) is 406 Å². The number of rotatable bonds is 67. The van der Waals surface area contributed by atoms with Gasteiger partial charge in [-0.2, -0.15) is 0 Å². The van der Waals surface area contributed by atoms with Crippen LogP contribution >= 0.6 is 0 Å². The Morgan fingerprint density at radius 2 is 0.487 bits per heavy atom. The predicted molar refractivity (Wildman–Crippen MR) is 349 cm³/mol. The molecule has 0 aliphatic rings. The van der Waals surface area contributed by atoms with E-state index in [1.807, 2.05) is 0 Å². The van der Waals surface area contributed by atoms with Crippen LogP contribution in [-0.4, -0.2) is 37.2 Å². The smallest absolute Gasteiger partial charge is 0.306 e. The number of hydrogen-bond donors (Lipinski definition) is 0. The Balaban J connectivity index is 4.19. The van der Waals surface area contributed by atoms with E-state index in [9.17, 15) is 14.4 Å². The molecule has 470 valence electrons. The van der Waals surface area contributed by atoms with Gasteiger partial charge in [0.1, 0.15) is 13.2 Å². The molecule has 0 rings (SSSR count). The maximum Gasteiger partial charge on any atom is 0.306 e. The molecule has 0 aliphatic carbocycles. The minimum atomic E-state index is -0.777. The molecule has 0 bridgehead atoms. The van der Waals surface area contributed by atoms with Gasteiger partial charge in [-0.25, -0.2) is 0 Å². The second-order valence-electron chi connectivity index (χ2n) is 24.5. The second kappa shape index (κ2) is 69.1. The van der Waals surface area contributed by atoms with Crippen molar-refractivity contribution in [1.29, 1.82) is 0 Å². The second-order valence-corrected chi connectivity index (χ2v) is 24.5. The number of carbonyl (C=O) groups excluding carboxylic acids is 3. The molecule has 0 aromatic carbocycles. The normalized spacial score (nSPS) is 12.2. The lowest BCUT2D eigenvalue weighted by Gasteiger charge is -2.18. The molecule has 0 radical (unpaired) electrons. The van der Waals surface area contributed by atoms with E-state index in [1.165, 1.54) is 263 Å². The summed E-state index contributed by atoms with van der Waals surface area (Å²) in [5, 5.41) is 0. The summed E-state index contributed by atoms with van der Waals surface area (Å²) in [6.07, 6.45) is 86.2. The Morgan fingerprint density at radius 3 is 0.762 bits per heavy atom. The van der Waals surface area contributed by atoms with Gasteiger partial charge in [-0.05, 0) is 51.4 Å². The first-order valence-electron chi connectivity index (χ1n) is 36.0. The van der Waals surface area contributed by atoms with E-state index >= 15 is 0 Å². The molecule has 0 amide bonds. The Hall–Kier alpha value is -2.37. The van der Waals surface area contributed by atoms with Crippen LogP contribution in [0.4, 0.5) is 0 Å². The van der Waals surface area contributed by atoms with Crippen molar-refractivity contribution in [1.82, 2.24) is 0 Å². The van der Waals surface area contributed by atoms with E-state index in [2.05, 4.69) is 57.2 Å². The number of unbranched alkanes of at least 4 members (excludes halogenated alkanes) is 50. The maximum atomic E-state index is 12.9. The Kier molecular flexibility index (Phi) is 67.1. The molecule has 0 saturated heterocycles. The highest BCUT2D eigenvalue weighted by Crippen LogP contribution is 2.19.